The van der Waals surface area contributed by atoms with E-state index in [1.54, 1.807) is 0 Å². The lowest BCUT2D eigenvalue weighted by molar-refractivity contribution is 0.00578. The van der Waals surface area contributed by atoms with Crippen LogP contribution in [0.25, 0.3) is 67.2 Å². The van der Waals surface area contributed by atoms with E-state index in [2.05, 4.69) is 70.2 Å². The first-order chi connectivity index (χ1) is 22.3. The summed E-state index contributed by atoms with van der Waals surface area (Å²) in [6.07, 6.45) is 0. The van der Waals surface area contributed by atoms with Gasteiger partial charge >= 0.3 is 7.12 Å². The molecular weight excluding hydrogens is 569 g/mol. The third-order valence-corrected chi connectivity index (χ3v) is 9.23. The van der Waals surface area contributed by atoms with Crippen LogP contribution in [0, 0.1) is 0 Å². The molecule has 1 aliphatic rings. The van der Waals surface area contributed by atoms with E-state index in [9.17, 15) is 0 Å². The fraction of sp³-hybridized carbons (Fsp3) is 0.154. The van der Waals surface area contributed by atoms with Crippen LogP contribution in [0.5, 0.6) is 0 Å². The summed E-state index contributed by atoms with van der Waals surface area (Å²) in [7, 11) is -0.602. The van der Waals surface area contributed by atoms with E-state index in [4.69, 9.17) is 28.7 Å². The maximum absolute atomic E-state index is 6.61. The molecule has 0 saturated carbocycles. The Kier molecular flexibility index (Phi) is 6.64. The molecule has 8 rings (SSSR count). The van der Waals surface area contributed by atoms with E-state index < -0.39 is 18.3 Å². The fourth-order valence-corrected chi connectivity index (χ4v) is 5.99. The van der Waals surface area contributed by atoms with E-state index in [0.29, 0.717) is 17.5 Å². The van der Waals surface area contributed by atoms with Crippen LogP contribution in [-0.4, -0.2) is 33.3 Å². The van der Waals surface area contributed by atoms with Crippen LogP contribution >= 0.6 is 0 Å². The Hall–Kier alpha value is -5.11. The molecule has 1 fully saturated rings. The zero-order chi connectivity index (χ0) is 31.5. The number of rotatable bonds is 5. The summed E-state index contributed by atoms with van der Waals surface area (Å²) in [5.41, 5.74) is 6.26. The number of hydrogen-bond donors (Lipinski definition) is 0. The highest BCUT2D eigenvalue weighted by molar-refractivity contribution is 6.67. The minimum atomic E-state index is -0.602. The van der Waals surface area contributed by atoms with Crippen molar-refractivity contribution >= 4 is 34.5 Å². The van der Waals surface area contributed by atoms with Crippen LogP contribution in [0.15, 0.2) is 126 Å². The largest absolute Gasteiger partial charge is 0.499 e. The third-order valence-electron chi connectivity index (χ3n) is 9.23. The number of furan rings is 1. The Balaban J connectivity index is 1.25. The van der Waals surface area contributed by atoms with Gasteiger partial charge in [-0.25, -0.2) is 15.0 Å². The second-order valence-electron chi connectivity index (χ2n) is 12.7. The number of hydrogen-bond acceptors (Lipinski definition) is 6. The highest BCUT2D eigenvalue weighted by atomic mass is 16.7. The second-order valence-corrected chi connectivity index (χ2v) is 12.7. The smallest absolute Gasteiger partial charge is 0.456 e. The Labute approximate surface area is 268 Å². The maximum Gasteiger partial charge on any atom is 0.499 e. The van der Waals surface area contributed by atoms with Crippen molar-refractivity contribution < 1.29 is 13.7 Å². The van der Waals surface area contributed by atoms with E-state index in [1.165, 1.54) is 0 Å². The predicted octanol–water partition coefficient (Wildman–Crippen LogP) is 8.74. The molecule has 0 bridgehead atoms. The lowest BCUT2D eigenvalue weighted by Gasteiger charge is -2.32. The summed E-state index contributed by atoms with van der Waals surface area (Å²) >= 11 is 0. The third kappa shape index (κ3) is 4.80. The van der Waals surface area contributed by atoms with Gasteiger partial charge in [0.05, 0.1) is 11.2 Å². The van der Waals surface area contributed by atoms with Gasteiger partial charge in [-0.3, -0.25) is 0 Å². The minimum absolute atomic E-state index is 0.501. The number of para-hydroxylation sites is 1. The molecule has 0 amide bonds. The second kappa shape index (κ2) is 10.8. The molecule has 7 heteroatoms. The van der Waals surface area contributed by atoms with Gasteiger partial charge in [-0.15, -0.1) is 0 Å². The molecular formula is C39H32BN3O3. The number of nitrogens with zero attached hydrogens (tertiary/aromatic N) is 3. The molecule has 2 aromatic heterocycles. The average molecular weight is 602 g/mol. The monoisotopic (exact) mass is 601 g/mol. The van der Waals surface area contributed by atoms with Crippen LogP contribution < -0.4 is 5.46 Å². The van der Waals surface area contributed by atoms with Crippen molar-refractivity contribution in [2.45, 2.75) is 38.9 Å². The first-order valence-electron chi connectivity index (χ1n) is 15.5. The van der Waals surface area contributed by atoms with Crippen molar-refractivity contribution in [2.24, 2.45) is 0 Å². The zero-order valence-corrected chi connectivity index (χ0v) is 26.2. The quantitative estimate of drug-likeness (QED) is 0.184. The Bertz CT molecular complexity index is 2140. The van der Waals surface area contributed by atoms with Crippen molar-refractivity contribution in [3.63, 3.8) is 0 Å². The number of aromatic nitrogens is 3. The molecule has 0 N–H and O–H groups in total. The highest BCUT2D eigenvalue weighted by Gasteiger charge is 2.53. The van der Waals surface area contributed by atoms with Gasteiger partial charge in [0, 0.05) is 32.9 Å². The predicted molar refractivity (Wildman–Crippen MR) is 185 cm³/mol. The molecule has 1 aliphatic heterocycles. The lowest BCUT2D eigenvalue weighted by atomic mass is 9.73. The molecule has 46 heavy (non-hydrogen) atoms. The average Bonchev–Trinajstić information content (AvgIpc) is 3.57. The van der Waals surface area contributed by atoms with Gasteiger partial charge in [0.1, 0.15) is 11.2 Å². The van der Waals surface area contributed by atoms with E-state index >= 15 is 0 Å². The van der Waals surface area contributed by atoms with Gasteiger partial charge < -0.3 is 13.7 Å². The molecule has 0 atom stereocenters. The van der Waals surface area contributed by atoms with Gasteiger partial charge in [-0.05, 0) is 51.0 Å². The normalized spacial score (nSPS) is 15.5. The molecule has 224 valence electrons. The summed E-state index contributed by atoms with van der Waals surface area (Å²) in [5, 5.41) is 2.10. The molecule has 0 aliphatic carbocycles. The molecule has 7 aromatic rings. The first kappa shape index (κ1) is 28.4. The van der Waals surface area contributed by atoms with Crippen LogP contribution in [0.3, 0.4) is 0 Å². The highest BCUT2D eigenvalue weighted by Crippen LogP contribution is 2.40. The SMILES string of the molecule is CC1(C)OB(c2c(-c3ccc(-c4nc(-c5ccccc5)nc(-c5ccccc5)n4)cc3)ccc3c2oc2ccccc23)OC1(C)C. The lowest BCUT2D eigenvalue weighted by Crippen LogP contribution is -2.41. The van der Waals surface area contributed by atoms with Crippen molar-refractivity contribution in [2.75, 3.05) is 0 Å². The van der Waals surface area contributed by atoms with Crippen LogP contribution in [0.4, 0.5) is 0 Å². The molecule has 1 saturated heterocycles. The topological polar surface area (TPSA) is 70.3 Å². The van der Waals surface area contributed by atoms with Gasteiger partial charge in [-0.2, -0.15) is 0 Å². The van der Waals surface area contributed by atoms with Crippen molar-refractivity contribution in [3.05, 3.63) is 121 Å². The summed E-state index contributed by atoms with van der Waals surface area (Å²) in [6, 6.07) is 40.7. The van der Waals surface area contributed by atoms with Gasteiger partial charge in [0.25, 0.3) is 0 Å². The van der Waals surface area contributed by atoms with Crippen molar-refractivity contribution in [1.82, 2.24) is 15.0 Å². The Morgan fingerprint density at radius 3 is 1.52 bits per heavy atom. The van der Waals surface area contributed by atoms with Crippen LogP contribution in [0.1, 0.15) is 27.7 Å². The minimum Gasteiger partial charge on any atom is -0.456 e. The number of benzene rings is 5. The zero-order valence-electron chi connectivity index (χ0n) is 26.2. The summed E-state index contributed by atoms with van der Waals surface area (Å²) in [6.45, 7) is 8.29. The van der Waals surface area contributed by atoms with Crippen LogP contribution in [-0.2, 0) is 9.31 Å². The molecule has 6 nitrogen and oxygen atoms in total. The molecule has 0 unspecified atom stereocenters. The maximum atomic E-state index is 6.61. The van der Waals surface area contributed by atoms with E-state index in [-0.39, 0.29) is 0 Å². The van der Waals surface area contributed by atoms with Crippen molar-refractivity contribution in [1.29, 1.82) is 0 Å². The fourth-order valence-electron chi connectivity index (χ4n) is 5.99. The van der Waals surface area contributed by atoms with Gasteiger partial charge in [-0.1, -0.05) is 109 Å². The summed E-state index contributed by atoms with van der Waals surface area (Å²) in [5.74, 6) is 1.87. The van der Waals surface area contributed by atoms with Gasteiger partial charge in [0.2, 0.25) is 0 Å². The van der Waals surface area contributed by atoms with Crippen molar-refractivity contribution in [3.8, 4) is 45.3 Å². The number of fused-ring (bicyclic) bond motifs is 3. The molecule has 3 heterocycles. The Morgan fingerprint density at radius 1 is 0.478 bits per heavy atom. The molecule has 0 spiro atoms. The standard InChI is InChI=1S/C39H32BN3O3/c1-38(2)39(3,4)46-40(45-38)33-29(23-24-31-30-17-11-12-18-32(30)44-34(31)33)25-19-21-28(22-20-25)37-42-35(26-13-7-5-8-14-26)41-36(43-37)27-15-9-6-10-16-27/h5-24H,1-4H3. The Morgan fingerprint density at radius 2 is 0.957 bits per heavy atom. The summed E-state index contributed by atoms with van der Waals surface area (Å²) < 4.78 is 19.7. The van der Waals surface area contributed by atoms with E-state index in [0.717, 1.165) is 55.2 Å². The summed E-state index contributed by atoms with van der Waals surface area (Å²) in [4.78, 5) is 14.6. The first-order valence-corrected chi connectivity index (χ1v) is 15.5. The molecule has 5 aromatic carbocycles. The van der Waals surface area contributed by atoms with Crippen LogP contribution in [0.2, 0.25) is 0 Å². The van der Waals surface area contributed by atoms with Gasteiger partial charge in [0.15, 0.2) is 17.5 Å². The van der Waals surface area contributed by atoms with E-state index in [1.807, 2.05) is 78.9 Å². The molecule has 0 radical (unpaired) electrons.